The molecule has 2 radical (unpaired) electrons. The molecule has 0 bridgehead atoms. The Morgan fingerprint density at radius 2 is 2.15 bits per heavy atom. The molecule has 0 aliphatic heterocycles. The molecule has 0 N–H and O–H groups in total. The largest absolute Gasteiger partial charge is 0.461 e. The quantitative estimate of drug-likeness (QED) is 0.591. The molecule has 1 aromatic carbocycles. The third-order valence-electron chi connectivity index (χ3n) is 2.55. The molecule has 0 spiro atoms. The van der Waals surface area contributed by atoms with Crippen LogP contribution in [0.25, 0.3) is 11.0 Å². The summed E-state index contributed by atoms with van der Waals surface area (Å²) in [4.78, 5) is 0. The normalized spacial score (nSPS) is 16.0. The highest BCUT2D eigenvalue weighted by molar-refractivity contribution is 5.83. The lowest BCUT2D eigenvalue weighted by Gasteiger charge is -2.07. The third-order valence-corrected chi connectivity index (χ3v) is 2.55. The Hall–Kier alpha value is -1.24. The second-order valence-corrected chi connectivity index (χ2v) is 3.43. The van der Waals surface area contributed by atoms with E-state index < -0.39 is 0 Å². The average molecular weight is 170 g/mol. The van der Waals surface area contributed by atoms with Gasteiger partial charge in [-0.05, 0) is 18.9 Å². The molecule has 0 saturated carbocycles. The highest BCUT2D eigenvalue weighted by atomic mass is 16.3. The summed E-state index contributed by atoms with van der Waals surface area (Å²) in [5.41, 5.74) is 2.21. The fourth-order valence-electron chi connectivity index (χ4n) is 1.93. The number of para-hydroxylation sites is 1. The van der Waals surface area contributed by atoms with Crippen molar-refractivity contribution in [3.8, 4) is 0 Å². The minimum atomic E-state index is 1.00. The molecule has 1 aromatic heterocycles. The molecule has 2 aromatic rings. The minimum absolute atomic E-state index is 1.00. The van der Waals surface area contributed by atoms with Crippen LogP contribution in [0.5, 0.6) is 0 Å². The van der Waals surface area contributed by atoms with Crippen LogP contribution in [-0.2, 0) is 6.42 Å². The summed E-state index contributed by atoms with van der Waals surface area (Å²) >= 11 is 0. The van der Waals surface area contributed by atoms with Crippen molar-refractivity contribution < 1.29 is 4.42 Å². The van der Waals surface area contributed by atoms with Crippen molar-refractivity contribution in [3.63, 3.8) is 0 Å². The molecular weight excluding hydrogens is 160 g/mol. The zero-order valence-electron chi connectivity index (χ0n) is 7.34. The van der Waals surface area contributed by atoms with Gasteiger partial charge in [0.25, 0.3) is 0 Å². The summed E-state index contributed by atoms with van der Waals surface area (Å²) in [5, 5.41) is 1.22. The first-order valence-corrected chi connectivity index (χ1v) is 4.69. The van der Waals surface area contributed by atoms with Crippen LogP contribution in [0.3, 0.4) is 0 Å². The van der Waals surface area contributed by atoms with Crippen LogP contribution >= 0.6 is 0 Å². The first-order valence-electron chi connectivity index (χ1n) is 4.69. The summed E-state index contributed by atoms with van der Waals surface area (Å²) in [6, 6.07) is 8.19. The van der Waals surface area contributed by atoms with Gasteiger partial charge in [-0.15, -0.1) is 0 Å². The van der Waals surface area contributed by atoms with Crippen LogP contribution in [0.1, 0.15) is 24.2 Å². The molecule has 0 saturated heterocycles. The van der Waals surface area contributed by atoms with Gasteiger partial charge in [0.15, 0.2) is 0 Å². The molecule has 13 heavy (non-hydrogen) atoms. The number of hydrogen-bond acceptors (Lipinski definition) is 1. The summed E-state index contributed by atoms with van der Waals surface area (Å²) in [6.07, 6.45) is 6.70. The predicted molar refractivity (Wildman–Crippen MR) is 51.5 cm³/mol. The topological polar surface area (TPSA) is 13.1 Å². The van der Waals surface area contributed by atoms with Crippen molar-refractivity contribution >= 4 is 11.0 Å². The minimum Gasteiger partial charge on any atom is -0.461 e. The number of fused-ring (bicyclic) bond motifs is 3. The zero-order chi connectivity index (χ0) is 8.67. The maximum Gasteiger partial charge on any atom is 0.134 e. The van der Waals surface area contributed by atoms with Crippen LogP contribution in [0.2, 0.25) is 0 Å². The smallest absolute Gasteiger partial charge is 0.134 e. The van der Waals surface area contributed by atoms with E-state index in [9.17, 15) is 0 Å². The lowest BCUT2D eigenvalue weighted by atomic mass is 9.96. The van der Waals surface area contributed by atoms with Crippen molar-refractivity contribution in [1.82, 2.24) is 0 Å². The Bertz CT molecular complexity index is 439. The number of furan rings is 1. The molecule has 1 heteroatoms. The van der Waals surface area contributed by atoms with Gasteiger partial charge in [0.05, 0.1) is 0 Å². The molecule has 64 valence electrons. The highest BCUT2D eigenvalue weighted by Gasteiger charge is 2.17. The Morgan fingerprint density at radius 1 is 1.23 bits per heavy atom. The van der Waals surface area contributed by atoms with Crippen molar-refractivity contribution in [3.05, 3.63) is 42.0 Å². The molecule has 3 rings (SSSR count). The van der Waals surface area contributed by atoms with Crippen LogP contribution in [0, 0.1) is 6.42 Å². The van der Waals surface area contributed by atoms with Gasteiger partial charge in [-0.25, -0.2) is 0 Å². The summed E-state index contributed by atoms with van der Waals surface area (Å²) in [6.45, 7) is 0. The molecule has 0 fully saturated rings. The van der Waals surface area contributed by atoms with Crippen molar-refractivity contribution in [2.45, 2.75) is 19.3 Å². The van der Waals surface area contributed by atoms with Gasteiger partial charge < -0.3 is 4.42 Å². The lowest BCUT2D eigenvalue weighted by molar-refractivity contribution is 0.524. The SMILES string of the molecule is [C]1CCCc2oc3ccccc3c21. The first kappa shape index (κ1) is 7.19. The maximum absolute atomic E-state index is 5.73. The number of rotatable bonds is 0. The Balaban J connectivity index is 2.34. The van der Waals surface area contributed by atoms with E-state index in [1.807, 2.05) is 12.1 Å². The Morgan fingerprint density at radius 3 is 3.15 bits per heavy atom. The lowest BCUT2D eigenvalue weighted by Crippen LogP contribution is -1.96. The zero-order valence-corrected chi connectivity index (χ0v) is 7.34. The summed E-state index contributed by atoms with van der Waals surface area (Å²) < 4.78 is 5.73. The van der Waals surface area contributed by atoms with Gasteiger partial charge in [-0.3, -0.25) is 0 Å². The van der Waals surface area contributed by atoms with Gasteiger partial charge in [-0.1, -0.05) is 18.2 Å². The fraction of sp³-hybridized carbons (Fsp3) is 0.250. The van der Waals surface area contributed by atoms with E-state index in [0.717, 1.165) is 24.2 Å². The van der Waals surface area contributed by atoms with E-state index >= 15 is 0 Å². The van der Waals surface area contributed by atoms with Crippen molar-refractivity contribution in [1.29, 1.82) is 0 Å². The van der Waals surface area contributed by atoms with Crippen LogP contribution in [0.4, 0.5) is 0 Å². The van der Waals surface area contributed by atoms with Crippen molar-refractivity contribution in [2.24, 2.45) is 0 Å². The van der Waals surface area contributed by atoms with Crippen LogP contribution in [0.15, 0.2) is 28.7 Å². The molecule has 0 atom stereocenters. The summed E-state index contributed by atoms with van der Waals surface area (Å²) in [5.74, 6) is 1.12. The van der Waals surface area contributed by atoms with E-state index in [1.54, 1.807) is 0 Å². The number of benzene rings is 1. The van der Waals surface area contributed by atoms with Gasteiger partial charge >= 0.3 is 0 Å². The van der Waals surface area contributed by atoms with Gasteiger partial charge in [0.1, 0.15) is 11.3 Å². The molecule has 0 amide bonds. The van der Waals surface area contributed by atoms with Gasteiger partial charge in [0, 0.05) is 23.8 Å². The average Bonchev–Trinajstić information content (AvgIpc) is 2.56. The maximum atomic E-state index is 5.73. The molecular formula is C12H10O. The number of aryl methyl sites for hydroxylation is 1. The highest BCUT2D eigenvalue weighted by Crippen LogP contribution is 2.32. The molecule has 0 unspecified atom stereocenters. The van der Waals surface area contributed by atoms with Crippen molar-refractivity contribution in [2.75, 3.05) is 0 Å². The predicted octanol–water partition coefficient (Wildman–Crippen LogP) is 3.20. The Labute approximate surface area is 77.4 Å². The van der Waals surface area contributed by atoms with Gasteiger partial charge in [0.2, 0.25) is 0 Å². The molecule has 1 heterocycles. The standard InChI is InChI=1S/C12H10O/c1-3-7-11-9(5-1)10-6-2-4-8-12(10)13-11/h1,3,5,7H,2,4,8H2. The Kier molecular flexibility index (Phi) is 1.45. The van der Waals surface area contributed by atoms with E-state index in [-0.39, 0.29) is 0 Å². The third kappa shape index (κ3) is 0.998. The first-order chi connectivity index (χ1) is 6.45. The second-order valence-electron chi connectivity index (χ2n) is 3.43. The van der Waals surface area contributed by atoms with Crippen LogP contribution in [-0.4, -0.2) is 0 Å². The van der Waals surface area contributed by atoms with Crippen LogP contribution < -0.4 is 0 Å². The number of hydrogen-bond donors (Lipinski definition) is 0. The van der Waals surface area contributed by atoms with Gasteiger partial charge in [-0.2, -0.15) is 0 Å². The molecule has 1 aliphatic carbocycles. The summed E-state index contributed by atoms with van der Waals surface area (Å²) in [7, 11) is 0. The molecule has 1 nitrogen and oxygen atoms in total. The second kappa shape index (κ2) is 2.63. The van der Waals surface area contributed by atoms with E-state index in [0.29, 0.717) is 0 Å². The fourth-order valence-corrected chi connectivity index (χ4v) is 1.93. The monoisotopic (exact) mass is 170 g/mol. The van der Waals surface area contributed by atoms with E-state index in [2.05, 4.69) is 18.6 Å². The molecule has 1 aliphatic rings. The van der Waals surface area contributed by atoms with E-state index in [1.165, 1.54) is 17.4 Å². The van der Waals surface area contributed by atoms with E-state index in [4.69, 9.17) is 4.42 Å².